The monoisotopic (exact) mass is 694 g/mol. The first-order valence-corrected chi connectivity index (χ1v) is 17.6. The Bertz CT molecular complexity index is 2080. The summed E-state index contributed by atoms with van der Waals surface area (Å²) in [5, 5.41) is 15.4. The number of imidazole rings is 1. The molecule has 1 fully saturated rings. The van der Waals surface area contributed by atoms with E-state index < -0.39 is 18.4 Å². The average Bonchev–Trinajstić information content (AvgIpc) is 3.60. The van der Waals surface area contributed by atoms with Crippen LogP contribution in [-0.4, -0.2) is 38.6 Å². The number of Topliss-reactive ketones (excluding diaryl/α,β-unsaturated/α-hetero) is 1. The molecular formula is C43H42N4O5. The third-order valence-electron chi connectivity index (χ3n) is 9.66. The first-order valence-electron chi connectivity index (χ1n) is 17.6. The van der Waals surface area contributed by atoms with Crippen LogP contribution in [0.3, 0.4) is 0 Å². The van der Waals surface area contributed by atoms with Crippen molar-refractivity contribution in [3.8, 4) is 0 Å². The van der Waals surface area contributed by atoms with Gasteiger partial charge in [-0.05, 0) is 53.3 Å². The summed E-state index contributed by atoms with van der Waals surface area (Å²) >= 11 is 0. The van der Waals surface area contributed by atoms with E-state index in [9.17, 15) is 14.7 Å². The van der Waals surface area contributed by atoms with Gasteiger partial charge in [-0.25, -0.2) is 9.78 Å². The van der Waals surface area contributed by atoms with Crippen molar-refractivity contribution >= 4 is 22.8 Å². The minimum atomic E-state index is -0.679. The highest BCUT2D eigenvalue weighted by Gasteiger charge is 2.42. The lowest BCUT2D eigenvalue weighted by molar-refractivity contribution is -0.263. The van der Waals surface area contributed by atoms with Gasteiger partial charge in [0, 0.05) is 18.0 Å². The Balaban J connectivity index is 1.11. The molecular weight excluding hydrogens is 652 g/mol. The average molecular weight is 695 g/mol. The van der Waals surface area contributed by atoms with E-state index in [0.717, 1.165) is 44.4 Å². The zero-order valence-electron chi connectivity index (χ0n) is 29.0. The standard InChI is InChI=1S/C43H42N4O5/c1-29(49)37(24-30-10-4-2-5-11-30)46-43(50)44-25-31-16-22-35(23-17-31)42-51-39(26-47-28-45-36-14-8-9-15-38(36)47)40(33-12-6-3-7-13-33)41(52-42)34-20-18-32(27-48)19-21-34/h2-23,28,37,39-42,48H,24-27H2,1H3,(H2,44,46,50). The summed E-state index contributed by atoms with van der Waals surface area (Å²) in [5.41, 5.74) is 7.57. The van der Waals surface area contributed by atoms with Crippen LogP contribution in [0.2, 0.25) is 0 Å². The van der Waals surface area contributed by atoms with Gasteiger partial charge in [0.2, 0.25) is 0 Å². The van der Waals surface area contributed by atoms with Crippen LogP contribution in [0.25, 0.3) is 11.0 Å². The molecule has 1 aliphatic heterocycles. The number of aliphatic hydroxyl groups excluding tert-OH is 1. The van der Waals surface area contributed by atoms with E-state index in [4.69, 9.17) is 9.47 Å². The zero-order chi connectivity index (χ0) is 35.9. The highest BCUT2D eigenvalue weighted by atomic mass is 16.7. The molecule has 1 aromatic heterocycles. The van der Waals surface area contributed by atoms with Gasteiger partial charge in [-0.3, -0.25) is 4.79 Å². The molecule has 52 heavy (non-hydrogen) atoms. The summed E-state index contributed by atoms with van der Waals surface area (Å²) in [6.07, 6.45) is 0.960. The van der Waals surface area contributed by atoms with E-state index in [2.05, 4.69) is 38.4 Å². The van der Waals surface area contributed by atoms with Gasteiger partial charge in [-0.1, -0.05) is 121 Å². The Morgan fingerprint density at radius 3 is 2.12 bits per heavy atom. The third-order valence-corrected chi connectivity index (χ3v) is 9.66. The number of nitrogens with zero attached hydrogens (tertiary/aromatic N) is 2. The number of urea groups is 1. The number of aromatic nitrogens is 2. The van der Waals surface area contributed by atoms with Crippen molar-refractivity contribution in [2.24, 2.45) is 0 Å². The number of carbonyl (C=O) groups is 2. The molecule has 1 saturated heterocycles. The lowest BCUT2D eigenvalue weighted by Crippen LogP contribution is -2.46. The highest BCUT2D eigenvalue weighted by Crippen LogP contribution is 2.47. The molecule has 6 aromatic rings. The second-order valence-electron chi connectivity index (χ2n) is 13.2. The smallest absolute Gasteiger partial charge is 0.315 e. The Hall–Kier alpha value is -5.61. The SMILES string of the molecule is CC(=O)C(Cc1ccccc1)NC(=O)NCc1ccc(C2OC(Cn3cnc4ccccc43)C(c3ccccc3)C(c3ccc(CO)cc3)O2)cc1. The number of benzene rings is 5. The van der Waals surface area contributed by atoms with Crippen LogP contribution in [-0.2, 0) is 40.4 Å². The number of hydrogen-bond acceptors (Lipinski definition) is 6. The number of aliphatic hydroxyl groups is 1. The van der Waals surface area contributed by atoms with E-state index in [1.807, 2.05) is 122 Å². The fourth-order valence-electron chi connectivity index (χ4n) is 6.85. The van der Waals surface area contributed by atoms with Crippen LogP contribution in [0.1, 0.15) is 58.6 Å². The van der Waals surface area contributed by atoms with E-state index in [0.29, 0.717) is 13.0 Å². The number of nitrogens with one attached hydrogen (secondary N) is 2. The molecule has 5 aromatic carbocycles. The quantitative estimate of drug-likeness (QED) is 0.125. The molecule has 5 unspecified atom stereocenters. The predicted octanol–water partition coefficient (Wildman–Crippen LogP) is 7.17. The molecule has 0 radical (unpaired) electrons. The molecule has 5 atom stereocenters. The fourth-order valence-corrected chi connectivity index (χ4v) is 6.85. The Morgan fingerprint density at radius 1 is 0.750 bits per heavy atom. The number of ether oxygens (including phenoxy) is 2. The molecule has 0 saturated carbocycles. The van der Waals surface area contributed by atoms with Crippen LogP contribution in [0.15, 0.2) is 140 Å². The van der Waals surface area contributed by atoms with Gasteiger partial charge in [0.25, 0.3) is 0 Å². The van der Waals surface area contributed by atoms with E-state index in [-0.39, 0.29) is 37.1 Å². The van der Waals surface area contributed by atoms with E-state index in [1.165, 1.54) is 6.92 Å². The van der Waals surface area contributed by atoms with Gasteiger partial charge in [0.1, 0.15) is 0 Å². The lowest BCUT2D eigenvalue weighted by atomic mass is 9.83. The maximum atomic E-state index is 12.8. The van der Waals surface area contributed by atoms with Gasteiger partial charge in [-0.2, -0.15) is 0 Å². The molecule has 9 nitrogen and oxygen atoms in total. The minimum absolute atomic E-state index is 0.0379. The largest absolute Gasteiger partial charge is 0.392 e. The Morgan fingerprint density at radius 2 is 1.40 bits per heavy atom. The van der Waals surface area contributed by atoms with Crippen LogP contribution in [0.4, 0.5) is 4.79 Å². The van der Waals surface area contributed by atoms with Crippen molar-refractivity contribution in [1.82, 2.24) is 20.2 Å². The summed E-state index contributed by atoms with van der Waals surface area (Å²) in [5.74, 6) is -0.256. The maximum Gasteiger partial charge on any atom is 0.315 e. The molecule has 3 N–H and O–H groups in total. The molecule has 0 bridgehead atoms. The van der Waals surface area contributed by atoms with E-state index in [1.54, 1.807) is 0 Å². The van der Waals surface area contributed by atoms with Crippen molar-refractivity contribution in [3.63, 3.8) is 0 Å². The maximum absolute atomic E-state index is 12.8. The first kappa shape index (κ1) is 34.8. The lowest BCUT2D eigenvalue weighted by Gasteiger charge is -2.43. The predicted molar refractivity (Wildman–Crippen MR) is 199 cm³/mol. The van der Waals surface area contributed by atoms with E-state index >= 15 is 0 Å². The number of para-hydroxylation sites is 2. The zero-order valence-corrected chi connectivity index (χ0v) is 29.0. The fraction of sp³-hybridized carbons (Fsp3) is 0.233. The summed E-state index contributed by atoms with van der Waals surface area (Å²) in [7, 11) is 0. The van der Waals surface area contributed by atoms with Gasteiger partial charge < -0.3 is 29.8 Å². The third kappa shape index (κ3) is 8.13. The van der Waals surface area contributed by atoms with Gasteiger partial charge in [-0.15, -0.1) is 0 Å². The molecule has 0 aliphatic carbocycles. The van der Waals surface area contributed by atoms with Crippen molar-refractivity contribution in [2.45, 2.75) is 63.5 Å². The number of amides is 2. The molecule has 0 spiro atoms. The molecule has 2 amide bonds. The normalized spacial score (nSPS) is 19.2. The number of carbonyl (C=O) groups excluding carboxylic acids is 2. The number of hydrogen-bond donors (Lipinski definition) is 3. The van der Waals surface area contributed by atoms with Gasteiger partial charge in [0.15, 0.2) is 12.1 Å². The minimum Gasteiger partial charge on any atom is -0.392 e. The van der Waals surface area contributed by atoms with Crippen LogP contribution >= 0.6 is 0 Å². The molecule has 9 heteroatoms. The second kappa shape index (κ2) is 16.2. The van der Waals surface area contributed by atoms with Gasteiger partial charge in [0.05, 0.1) is 48.8 Å². The molecule has 264 valence electrons. The van der Waals surface area contributed by atoms with Crippen molar-refractivity contribution < 1.29 is 24.2 Å². The van der Waals surface area contributed by atoms with Crippen molar-refractivity contribution in [1.29, 1.82) is 0 Å². The second-order valence-corrected chi connectivity index (χ2v) is 13.2. The summed E-state index contributed by atoms with van der Waals surface area (Å²) < 4.78 is 15.9. The first-order chi connectivity index (χ1) is 25.4. The van der Waals surface area contributed by atoms with Crippen LogP contribution in [0, 0.1) is 0 Å². The van der Waals surface area contributed by atoms with Crippen molar-refractivity contribution in [2.75, 3.05) is 0 Å². The molecule has 7 rings (SSSR count). The van der Waals surface area contributed by atoms with Crippen molar-refractivity contribution in [3.05, 3.63) is 173 Å². The highest BCUT2D eigenvalue weighted by molar-refractivity contribution is 5.87. The summed E-state index contributed by atoms with van der Waals surface area (Å²) in [4.78, 5) is 29.7. The number of rotatable bonds is 12. The molecule has 2 heterocycles. The van der Waals surface area contributed by atoms with Gasteiger partial charge >= 0.3 is 6.03 Å². The summed E-state index contributed by atoms with van der Waals surface area (Å²) in [6, 6.07) is 42.7. The van der Waals surface area contributed by atoms with Crippen LogP contribution < -0.4 is 10.6 Å². The Labute approximate surface area is 303 Å². The van der Waals surface area contributed by atoms with Crippen LogP contribution in [0.5, 0.6) is 0 Å². The summed E-state index contributed by atoms with van der Waals surface area (Å²) in [6.45, 7) is 2.28. The Kier molecular flexibility index (Phi) is 10.8. The number of ketones is 1. The molecule has 1 aliphatic rings. The topological polar surface area (TPSA) is 115 Å². The number of fused-ring (bicyclic) bond motifs is 1.